The number of rotatable bonds is 5. The molecule has 0 aliphatic heterocycles. The van der Waals surface area contributed by atoms with Crippen molar-refractivity contribution in [1.82, 2.24) is 15.1 Å². The van der Waals surface area contributed by atoms with E-state index in [1.165, 1.54) is 24.8 Å². The van der Waals surface area contributed by atoms with Crippen LogP contribution in [0.3, 0.4) is 0 Å². The Balaban J connectivity index is 1.94. The van der Waals surface area contributed by atoms with E-state index < -0.39 is 0 Å². The van der Waals surface area contributed by atoms with Crippen molar-refractivity contribution in [2.75, 3.05) is 13.7 Å². The van der Waals surface area contributed by atoms with E-state index in [-0.39, 0.29) is 0 Å². The number of hydrogen-bond donors (Lipinski definition) is 1. The first-order chi connectivity index (χ1) is 8.06. The topological polar surface area (TPSA) is 39.1 Å². The Morgan fingerprint density at radius 1 is 1.47 bits per heavy atom. The van der Waals surface area contributed by atoms with Crippen LogP contribution in [0.5, 0.6) is 5.88 Å². The van der Waals surface area contributed by atoms with E-state index in [0.29, 0.717) is 5.41 Å². The smallest absolute Gasteiger partial charge is 0.216 e. The van der Waals surface area contributed by atoms with Crippen molar-refractivity contribution in [1.29, 1.82) is 0 Å². The lowest BCUT2D eigenvalue weighted by Gasteiger charge is -2.38. The van der Waals surface area contributed by atoms with Gasteiger partial charge in [0.2, 0.25) is 5.88 Å². The number of aryl methyl sites for hydroxylation is 2. The SMILES string of the molecule is COc1c(CNCC2(C)CCC2)c(C)nn1C. The molecule has 0 bridgehead atoms. The van der Waals surface area contributed by atoms with Gasteiger partial charge < -0.3 is 10.1 Å². The van der Waals surface area contributed by atoms with E-state index in [1.807, 2.05) is 14.0 Å². The zero-order valence-electron chi connectivity index (χ0n) is 11.3. The third kappa shape index (κ3) is 2.46. The maximum absolute atomic E-state index is 5.38. The zero-order chi connectivity index (χ0) is 12.5. The van der Waals surface area contributed by atoms with Gasteiger partial charge in [0.05, 0.1) is 18.4 Å². The van der Waals surface area contributed by atoms with Gasteiger partial charge in [-0.3, -0.25) is 0 Å². The largest absolute Gasteiger partial charge is 0.481 e. The molecule has 0 atom stereocenters. The Kier molecular flexibility index (Phi) is 3.43. The molecular weight excluding hydrogens is 214 g/mol. The Labute approximate surface area is 103 Å². The molecule has 0 spiro atoms. The van der Waals surface area contributed by atoms with Crippen LogP contribution in [0.25, 0.3) is 0 Å². The summed E-state index contributed by atoms with van der Waals surface area (Å²) in [6, 6.07) is 0. The van der Waals surface area contributed by atoms with Crippen molar-refractivity contribution in [2.45, 2.75) is 39.7 Å². The first-order valence-corrected chi connectivity index (χ1v) is 6.33. The summed E-state index contributed by atoms with van der Waals surface area (Å²) in [6.45, 7) is 6.32. The summed E-state index contributed by atoms with van der Waals surface area (Å²) in [7, 11) is 3.62. The van der Waals surface area contributed by atoms with Crippen molar-refractivity contribution >= 4 is 0 Å². The minimum absolute atomic E-state index is 0.517. The first kappa shape index (κ1) is 12.4. The van der Waals surface area contributed by atoms with Gasteiger partial charge in [-0.15, -0.1) is 0 Å². The molecule has 2 rings (SSSR count). The molecule has 17 heavy (non-hydrogen) atoms. The van der Waals surface area contributed by atoms with Crippen LogP contribution < -0.4 is 10.1 Å². The Morgan fingerprint density at radius 2 is 2.18 bits per heavy atom. The summed E-state index contributed by atoms with van der Waals surface area (Å²) in [5.74, 6) is 0.869. The molecule has 4 heteroatoms. The molecule has 1 aliphatic carbocycles. The van der Waals surface area contributed by atoms with Crippen molar-refractivity contribution in [3.8, 4) is 5.88 Å². The van der Waals surface area contributed by atoms with Crippen LogP contribution in [0.4, 0.5) is 0 Å². The molecule has 1 aromatic rings. The fourth-order valence-electron chi connectivity index (χ4n) is 2.59. The van der Waals surface area contributed by atoms with Crippen LogP contribution in [0.15, 0.2) is 0 Å². The first-order valence-electron chi connectivity index (χ1n) is 6.33. The lowest BCUT2D eigenvalue weighted by Crippen LogP contribution is -2.37. The molecule has 0 amide bonds. The van der Waals surface area contributed by atoms with Crippen LogP contribution in [0.2, 0.25) is 0 Å². The quantitative estimate of drug-likeness (QED) is 0.851. The predicted octanol–water partition coefficient (Wildman–Crippen LogP) is 2.02. The van der Waals surface area contributed by atoms with E-state index in [1.54, 1.807) is 11.8 Å². The van der Waals surface area contributed by atoms with E-state index in [0.717, 1.165) is 24.7 Å². The molecule has 96 valence electrons. The van der Waals surface area contributed by atoms with Crippen molar-refractivity contribution < 1.29 is 4.74 Å². The predicted molar refractivity (Wildman–Crippen MR) is 68.2 cm³/mol. The molecule has 1 N–H and O–H groups in total. The normalized spacial score (nSPS) is 17.9. The minimum Gasteiger partial charge on any atom is -0.481 e. The molecule has 1 heterocycles. The molecule has 0 aromatic carbocycles. The Morgan fingerprint density at radius 3 is 2.71 bits per heavy atom. The minimum atomic E-state index is 0.517. The Hall–Kier alpha value is -1.03. The molecule has 0 radical (unpaired) electrons. The average molecular weight is 237 g/mol. The second-order valence-electron chi connectivity index (χ2n) is 5.46. The molecule has 4 nitrogen and oxygen atoms in total. The second kappa shape index (κ2) is 4.69. The van der Waals surface area contributed by atoms with Gasteiger partial charge in [0.25, 0.3) is 0 Å². The number of methoxy groups -OCH3 is 1. The van der Waals surface area contributed by atoms with Crippen LogP contribution in [-0.4, -0.2) is 23.4 Å². The third-order valence-corrected chi connectivity index (χ3v) is 3.90. The van der Waals surface area contributed by atoms with Gasteiger partial charge in [0.15, 0.2) is 0 Å². The maximum atomic E-state index is 5.38. The van der Waals surface area contributed by atoms with Gasteiger partial charge >= 0.3 is 0 Å². The fraction of sp³-hybridized carbons (Fsp3) is 0.769. The highest BCUT2D eigenvalue weighted by Gasteiger charge is 2.31. The maximum Gasteiger partial charge on any atom is 0.216 e. The standard InChI is InChI=1S/C13H23N3O/c1-10-11(12(17-4)16(3)15-10)8-14-9-13(2)6-5-7-13/h14H,5-9H2,1-4H3. The summed E-state index contributed by atoms with van der Waals surface area (Å²) in [5.41, 5.74) is 2.75. The molecule has 1 aromatic heterocycles. The number of ether oxygens (including phenoxy) is 1. The summed E-state index contributed by atoms with van der Waals surface area (Å²) in [5, 5.41) is 7.92. The average Bonchev–Trinajstić information content (AvgIpc) is 2.51. The molecule has 1 aliphatic rings. The number of aromatic nitrogens is 2. The van der Waals surface area contributed by atoms with Crippen molar-refractivity contribution in [3.63, 3.8) is 0 Å². The highest BCUT2D eigenvalue weighted by atomic mass is 16.5. The number of hydrogen-bond acceptors (Lipinski definition) is 3. The number of nitrogens with one attached hydrogen (secondary N) is 1. The van der Waals surface area contributed by atoms with Crippen molar-refractivity contribution in [3.05, 3.63) is 11.3 Å². The Bertz CT molecular complexity index is 394. The lowest BCUT2D eigenvalue weighted by atomic mass is 9.70. The third-order valence-electron chi connectivity index (χ3n) is 3.90. The molecule has 1 saturated carbocycles. The summed E-state index contributed by atoms with van der Waals surface area (Å²) >= 11 is 0. The summed E-state index contributed by atoms with van der Waals surface area (Å²) in [6.07, 6.45) is 4.08. The van der Waals surface area contributed by atoms with Crippen LogP contribution >= 0.6 is 0 Å². The van der Waals surface area contributed by atoms with Crippen LogP contribution in [-0.2, 0) is 13.6 Å². The van der Waals surface area contributed by atoms with E-state index in [9.17, 15) is 0 Å². The number of nitrogens with zero attached hydrogens (tertiary/aromatic N) is 2. The van der Waals surface area contributed by atoms with Gasteiger partial charge in [0.1, 0.15) is 0 Å². The van der Waals surface area contributed by atoms with Gasteiger partial charge in [-0.05, 0) is 25.2 Å². The highest BCUT2D eigenvalue weighted by molar-refractivity contribution is 5.30. The van der Waals surface area contributed by atoms with Gasteiger partial charge in [-0.25, -0.2) is 4.68 Å². The van der Waals surface area contributed by atoms with Gasteiger partial charge in [-0.2, -0.15) is 5.10 Å². The van der Waals surface area contributed by atoms with Crippen molar-refractivity contribution in [2.24, 2.45) is 12.5 Å². The van der Waals surface area contributed by atoms with Crippen LogP contribution in [0.1, 0.15) is 37.4 Å². The summed E-state index contributed by atoms with van der Waals surface area (Å²) < 4.78 is 7.18. The van der Waals surface area contributed by atoms with Crippen LogP contribution in [0, 0.1) is 12.3 Å². The zero-order valence-corrected chi connectivity index (χ0v) is 11.3. The molecular formula is C13H23N3O. The summed E-state index contributed by atoms with van der Waals surface area (Å²) in [4.78, 5) is 0. The second-order valence-corrected chi connectivity index (χ2v) is 5.46. The van der Waals surface area contributed by atoms with E-state index >= 15 is 0 Å². The fourth-order valence-corrected chi connectivity index (χ4v) is 2.59. The van der Waals surface area contributed by atoms with Gasteiger partial charge in [0, 0.05) is 20.1 Å². The molecule has 1 fully saturated rings. The van der Waals surface area contributed by atoms with E-state index in [4.69, 9.17) is 4.74 Å². The molecule has 0 saturated heterocycles. The van der Waals surface area contributed by atoms with E-state index in [2.05, 4.69) is 17.3 Å². The molecule has 0 unspecified atom stereocenters. The van der Waals surface area contributed by atoms with Gasteiger partial charge in [-0.1, -0.05) is 13.3 Å². The highest BCUT2D eigenvalue weighted by Crippen LogP contribution is 2.39. The monoisotopic (exact) mass is 237 g/mol. The lowest BCUT2D eigenvalue weighted by molar-refractivity contribution is 0.156.